The van der Waals surface area contributed by atoms with E-state index in [1.807, 2.05) is 24.4 Å². The van der Waals surface area contributed by atoms with Gasteiger partial charge in [0.1, 0.15) is 0 Å². The molecule has 2 aliphatic carbocycles. The largest absolute Gasteiger partial charge is 0.296 e. The zero-order valence-electron chi connectivity index (χ0n) is 14.2. The first-order chi connectivity index (χ1) is 11.9. The fourth-order valence-electron chi connectivity index (χ4n) is 3.92. The number of thioether (sulfide) groups is 1. The molecule has 128 valence electrons. The van der Waals surface area contributed by atoms with Gasteiger partial charge >= 0.3 is 0 Å². The normalized spacial score (nSPS) is 26.8. The van der Waals surface area contributed by atoms with Gasteiger partial charge in [-0.3, -0.25) is 9.89 Å². The van der Waals surface area contributed by atoms with E-state index in [0.717, 1.165) is 11.0 Å². The molecule has 0 atom stereocenters. The van der Waals surface area contributed by atoms with Crippen LogP contribution in [-0.2, 0) is 0 Å². The molecule has 0 amide bonds. The third-order valence-electron chi connectivity index (χ3n) is 5.26. The Balaban J connectivity index is 1.54. The Bertz CT molecular complexity index is 601. The molecule has 1 aromatic heterocycles. The van der Waals surface area contributed by atoms with Crippen molar-refractivity contribution in [3.63, 3.8) is 0 Å². The van der Waals surface area contributed by atoms with E-state index in [2.05, 4.69) is 9.88 Å². The second-order valence-corrected chi connectivity index (χ2v) is 7.98. The summed E-state index contributed by atoms with van der Waals surface area (Å²) in [6, 6.07) is 7.03. The third-order valence-corrected chi connectivity index (χ3v) is 6.22. The molecule has 0 unspecified atom stereocenters. The van der Waals surface area contributed by atoms with Crippen molar-refractivity contribution in [2.45, 2.75) is 76.3 Å². The van der Waals surface area contributed by atoms with Crippen molar-refractivity contribution in [1.29, 1.82) is 0 Å². The van der Waals surface area contributed by atoms with Crippen molar-refractivity contribution < 1.29 is 0 Å². The fraction of sp³-hybridized carbons (Fsp3) is 0.632. The number of hydrogen-bond donors (Lipinski definition) is 0. The predicted molar refractivity (Wildman–Crippen MR) is 102 cm³/mol. The summed E-state index contributed by atoms with van der Waals surface area (Å²) in [5.74, 6) is 0.803. The molecule has 2 heterocycles. The maximum Gasteiger partial charge on any atom is 0.180 e. The first-order valence-corrected chi connectivity index (χ1v) is 10.3. The molecule has 0 radical (unpaired) electrons. The van der Waals surface area contributed by atoms with Crippen molar-refractivity contribution in [2.75, 3.05) is 0 Å². The van der Waals surface area contributed by atoms with Gasteiger partial charge in [0.2, 0.25) is 0 Å². The number of amidine groups is 2. The van der Waals surface area contributed by atoms with Gasteiger partial charge in [-0.05, 0) is 49.6 Å². The second kappa shape index (κ2) is 7.68. The summed E-state index contributed by atoms with van der Waals surface area (Å²) in [5.41, 5.74) is 0. The quantitative estimate of drug-likeness (QED) is 0.763. The van der Waals surface area contributed by atoms with E-state index in [4.69, 9.17) is 9.98 Å². The number of nitrogens with zero attached hydrogens (tertiary/aromatic N) is 4. The van der Waals surface area contributed by atoms with Crippen LogP contribution in [0.25, 0.3) is 0 Å². The van der Waals surface area contributed by atoms with Crippen LogP contribution in [0.3, 0.4) is 0 Å². The molecule has 4 nitrogen and oxygen atoms in total. The van der Waals surface area contributed by atoms with Gasteiger partial charge in [-0.1, -0.05) is 44.6 Å². The van der Waals surface area contributed by atoms with Gasteiger partial charge in [0, 0.05) is 12.2 Å². The maximum absolute atomic E-state index is 5.09. The van der Waals surface area contributed by atoms with Crippen LogP contribution in [0.2, 0.25) is 0 Å². The van der Waals surface area contributed by atoms with Crippen LogP contribution >= 0.6 is 11.8 Å². The Morgan fingerprint density at radius 2 is 1.67 bits per heavy atom. The topological polar surface area (TPSA) is 40.9 Å². The second-order valence-electron chi connectivity index (χ2n) is 7.05. The van der Waals surface area contributed by atoms with E-state index < -0.39 is 0 Å². The summed E-state index contributed by atoms with van der Waals surface area (Å²) in [7, 11) is 0. The Hall–Kier alpha value is -1.36. The minimum Gasteiger partial charge on any atom is -0.296 e. The molecule has 4 rings (SSSR count). The molecule has 3 fully saturated rings. The van der Waals surface area contributed by atoms with Crippen LogP contribution < -0.4 is 0 Å². The van der Waals surface area contributed by atoms with Crippen LogP contribution in [0, 0.1) is 0 Å². The number of pyridine rings is 1. The van der Waals surface area contributed by atoms with Gasteiger partial charge in [-0.25, -0.2) is 9.98 Å². The van der Waals surface area contributed by atoms with Crippen LogP contribution in [0.4, 0.5) is 5.82 Å². The van der Waals surface area contributed by atoms with Crippen LogP contribution in [-0.4, -0.2) is 32.3 Å². The van der Waals surface area contributed by atoms with E-state index in [-0.39, 0.29) is 0 Å². The number of rotatable bonds is 3. The summed E-state index contributed by atoms with van der Waals surface area (Å²) in [6.07, 6.45) is 15.0. The minimum absolute atomic E-state index is 0.531. The highest BCUT2D eigenvalue weighted by Crippen LogP contribution is 2.37. The predicted octanol–water partition coefficient (Wildman–Crippen LogP) is 5.14. The smallest absolute Gasteiger partial charge is 0.180 e. The molecule has 1 aromatic rings. The standard InChI is InChI=1S/C19H26N4S/c1-3-9-15(10-4-1)21-18-23(16-11-5-2-6-12-16)19(24-18)22-17-13-7-8-14-20-17/h7-8,13-16H,1-6,9-12H2/b21-18?,22-19+. The van der Waals surface area contributed by atoms with E-state index in [1.165, 1.54) is 69.4 Å². The van der Waals surface area contributed by atoms with E-state index in [0.29, 0.717) is 12.1 Å². The van der Waals surface area contributed by atoms with Crippen molar-refractivity contribution in [3.05, 3.63) is 24.4 Å². The summed E-state index contributed by atoms with van der Waals surface area (Å²) < 4.78 is 0. The van der Waals surface area contributed by atoms with Crippen LogP contribution in [0.1, 0.15) is 64.2 Å². The van der Waals surface area contributed by atoms with E-state index in [1.54, 1.807) is 11.8 Å². The Morgan fingerprint density at radius 1 is 0.917 bits per heavy atom. The van der Waals surface area contributed by atoms with E-state index >= 15 is 0 Å². The average molecular weight is 343 g/mol. The summed E-state index contributed by atoms with van der Waals surface area (Å²) in [6.45, 7) is 0. The van der Waals surface area contributed by atoms with Gasteiger partial charge in [-0.2, -0.15) is 0 Å². The molecule has 2 saturated carbocycles. The molecule has 1 saturated heterocycles. The SMILES string of the molecule is c1ccc(/N=C2/SC(=NC3CCCCC3)N2C2CCCCC2)nc1. The third kappa shape index (κ3) is 3.66. The molecule has 0 N–H and O–H groups in total. The monoisotopic (exact) mass is 342 g/mol. The van der Waals surface area contributed by atoms with Crippen molar-refractivity contribution >= 4 is 27.9 Å². The molecule has 3 aliphatic rings. The first-order valence-electron chi connectivity index (χ1n) is 9.45. The lowest BCUT2D eigenvalue weighted by Gasteiger charge is -2.43. The zero-order valence-corrected chi connectivity index (χ0v) is 15.0. The number of aromatic nitrogens is 1. The van der Waals surface area contributed by atoms with E-state index in [9.17, 15) is 0 Å². The van der Waals surface area contributed by atoms with Crippen LogP contribution in [0.5, 0.6) is 0 Å². The highest BCUT2D eigenvalue weighted by atomic mass is 32.2. The molecule has 0 spiro atoms. The van der Waals surface area contributed by atoms with Crippen molar-refractivity contribution in [1.82, 2.24) is 9.88 Å². The summed E-state index contributed by atoms with van der Waals surface area (Å²) in [5, 5.41) is 2.30. The van der Waals surface area contributed by atoms with Crippen LogP contribution in [0.15, 0.2) is 34.4 Å². The van der Waals surface area contributed by atoms with Gasteiger partial charge in [0.25, 0.3) is 0 Å². The molecular formula is C19H26N4S. The van der Waals surface area contributed by atoms with Crippen molar-refractivity contribution in [2.24, 2.45) is 9.98 Å². The Morgan fingerprint density at radius 3 is 2.38 bits per heavy atom. The summed E-state index contributed by atoms with van der Waals surface area (Å²) >= 11 is 1.75. The minimum atomic E-state index is 0.531. The lowest BCUT2D eigenvalue weighted by molar-refractivity contribution is 0.321. The fourth-order valence-corrected chi connectivity index (χ4v) is 4.96. The van der Waals surface area contributed by atoms with Crippen molar-refractivity contribution in [3.8, 4) is 0 Å². The molecule has 1 aliphatic heterocycles. The van der Waals surface area contributed by atoms with Gasteiger partial charge in [0.05, 0.1) is 6.04 Å². The number of hydrogen-bond acceptors (Lipinski definition) is 4. The lowest BCUT2D eigenvalue weighted by atomic mass is 9.94. The van der Waals surface area contributed by atoms with Gasteiger partial charge < -0.3 is 0 Å². The highest BCUT2D eigenvalue weighted by molar-refractivity contribution is 8.29. The maximum atomic E-state index is 5.09. The highest BCUT2D eigenvalue weighted by Gasteiger charge is 2.38. The van der Waals surface area contributed by atoms with Gasteiger partial charge in [0.15, 0.2) is 16.2 Å². The molecule has 0 aromatic carbocycles. The zero-order chi connectivity index (χ0) is 16.2. The molecular weight excluding hydrogens is 316 g/mol. The first kappa shape index (κ1) is 16.1. The average Bonchev–Trinajstić information content (AvgIpc) is 2.63. The number of aliphatic imine (C=N–C) groups is 2. The Kier molecular flexibility index (Phi) is 5.16. The lowest BCUT2D eigenvalue weighted by Crippen LogP contribution is -2.51. The molecule has 24 heavy (non-hydrogen) atoms. The Labute approximate surface area is 148 Å². The molecule has 0 bridgehead atoms. The summed E-state index contributed by atoms with van der Waals surface area (Å²) in [4.78, 5) is 16.6. The molecule has 5 heteroatoms. The van der Waals surface area contributed by atoms with Gasteiger partial charge in [-0.15, -0.1) is 0 Å².